The highest BCUT2D eigenvalue weighted by Gasteiger charge is 2.06. The molecule has 0 aliphatic heterocycles. The van der Waals surface area contributed by atoms with Crippen LogP contribution in [0.1, 0.15) is 17.5 Å². The minimum atomic E-state index is -0.181. The number of carbonyl (C=O) groups is 2. The fourth-order valence-electron chi connectivity index (χ4n) is 1.20. The Morgan fingerprint density at radius 2 is 2.21 bits per heavy atom. The third-order valence-electron chi connectivity index (χ3n) is 1.94. The summed E-state index contributed by atoms with van der Waals surface area (Å²) in [5.74, 6) is -0.0663. The second-order valence-corrected chi connectivity index (χ2v) is 3.22. The topological polar surface area (TPSA) is 54.4 Å². The van der Waals surface area contributed by atoms with Crippen LogP contribution in [0.5, 0.6) is 5.75 Å². The van der Waals surface area contributed by atoms with Gasteiger partial charge in [-0.2, -0.15) is 0 Å². The number of aromatic hydroxyl groups is 1. The maximum Gasteiger partial charge on any atom is 0.144 e. The molecule has 0 fully saturated rings. The maximum absolute atomic E-state index is 11.1. The van der Waals surface area contributed by atoms with Gasteiger partial charge in [0.2, 0.25) is 0 Å². The van der Waals surface area contributed by atoms with E-state index in [0.717, 1.165) is 5.56 Å². The lowest BCUT2D eigenvalue weighted by atomic mass is 10.0. The van der Waals surface area contributed by atoms with E-state index >= 15 is 0 Å². The van der Waals surface area contributed by atoms with Crippen LogP contribution in [0.2, 0.25) is 0 Å². The number of phenols is 1. The Morgan fingerprint density at radius 1 is 1.50 bits per heavy atom. The van der Waals surface area contributed by atoms with E-state index in [1.54, 1.807) is 12.1 Å². The number of rotatable bonds is 4. The Morgan fingerprint density at radius 3 is 2.79 bits per heavy atom. The number of Topliss-reactive ketones (excluding diaryl/α,β-unsaturated/α-hetero) is 1. The zero-order valence-corrected chi connectivity index (χ0v) is 7.99. The lowest BCUT2D eigenvalue weighted by Crippen LogP contribution is -2.03. The number of aldehydes is 1. The molecule has 1 rings (SSSR count). The molecule has 14 heavy (non-hydrogen) atoms. The maximum atomic E-state index is 11.1. The van der Waals surface area contributed by atoms with Gasteiger partial charge in [-0.15, -0.1) is 0 Å². The van der Waals surface area contributed by atoms with Gasteiger partial charge in [-0.1, -0.05) is 12.1 Å². The van der Waals surface area contributed by atoms with Crippen LogP contribution in [-0.4, -0.2) is 17.2 Å². The van der Waals surface area contributed by atoms with Crippen LogP contribution in [-0.2, 0) is 16.0 Å². The molecule has 3 heteroatoms. The van der Waals surface area contributed by atoms with E-state index < -0.39 is 0 Å². The van der Waals surface area contributed by atoms with Crippen LogP contribution in [0, 0.1) is 6.92 Å². The Labute approximate surface area is 82.4 Å². The van der Waals surface area contributed by atoms with Gasteiger partial charge >= 0.3 is 0 Å². The molecule has 0 aliphatic carbocycles. The average molecular weight is 192 g/mol. The number of benzene rings is 1. The van der Waals surface area contributed by atoms with Crippen LogP contribution < -0.4 is 0 Å². The van der Waals surface area contributed by atoms with E-state index in [1.807, 2.05) is 13.0 Å². The zero-order valence-electron chi connectivity index (χ0n) is 7.99. The molecular formula is C11H12O3. The van der Waals surface area contributed by atoms with Gasteiger partial charge in [0.1, 0.15) is 17.8 Å². The molecule has 0 bridgehead atoms. The first-order valence-electron chi connectivity index (χ1n) is 4.37. The van der Waals surface area contributed by atoms with Crippen molar-refractivity contribution in [3.8, 4) is 5.75 Å². The Bertz CT molecular complexity index is 356. The molecule has 0 unspecified atom stereocenters. The van der Waals surface area contributed by atoms with Crippen LogP contribution in [0.3, 0.4) is 0 Å². The molecule has 74 valence electrons. The summed E-state index contributed by atoms with van der Waals surface area (Å²) in [6.45, 7) is 1.86. The second kappa shape index (κ2) is 4.56. The van der Waals surface area contributed by atoms with Gasteiger partial charge in [0.15, 0.2) is 0 Å². The van der Waals surface area contributed by atoms with Crippen molar-refractivity contribution < 1.29 is 14.7 Å². The molecule has 0 spiro atoms. The number of hydrogen-bond acceptors (Lipinski definition) is 3. The smallest absolute Gasteiger partial charge is 0.144 e. The predicted octanol–water partition coefficient (Wildman–Crippen LogP) is 1.40. The highest BCUT2D eigenvalue weighted by molar-refractivity contribution is 5.91. The molecule has 0 atom stereocenters. The van der Waals surface area contributed by atoms with Crippen LogP contribution in [0.15, 0.2) is 18.2 Å². The Hall–Kier alpha value is -1.64. The minimum Gasteiger partial charge on any atom is -0.508 e. The third kappa shape index (κ3) is 2.69. The lowest BCUT2D eigenvalue weighted by molar-refractivity contribution is -0.121. The first kappa shape index (κ1) is 10.4. The van der Waals surface area contributed by atoms with Crippen molar-refractivity contribution in [2.75, 3.05) is 0 Å². The van der Waals surface area contributed by atoms with Crippen molar-refractivity contribution in [3.05, 3.63) is 29.3 Å². The first-order chi connectivity index (χ1) is 6.63. The summed E-state index contributed by atoms with van der Waals surface area (Å²) in [5.41, 5.74) is 1.51. The van der Waals surface area contributed by atoms with Crippen molar-refractivity contribution >= 4 is 12.1 Å². The van der Waals surface area contributed by atoms with E-state index in [2.05, 4.69) is 0 Å². The molecule has 1 N–H and O–H groups in total. The number of ketones is 1. The predicted molar refractivity (Wildman–Crippen MR) is 52.2 cm³/mol. The SMILES string of the molecule is Cc1ccc(CC(=O)CC=O)c(O)c1. The van der Waals surface area contributed by atoms with Gasteiger partial charge in [0.25, 0.3) is 0 Å². The monoisotopic (exact) mass is 192 g/mol. The molecule has 0 saturated heterocycles. The first-order valence-corrected chi connectivity index (χ1v) is 4.37. The van der Waals surface area contributed by atoms with Gasteiger partial charge in [0, 0.05) is 12.0 Å². The van der Waals surface area contributed by atoms with Crippen LogP contribution >= 0.6 is 0 Å². The normalized spacial score (nSPS) is 9.79. The van der Waals surface area contributed by atoms with E-state index in [4.69, 9.17) is 0 Å². The fraction of sp³-hybridized carbons (Fsp3) is 0.273. The highest BCUT2D eigenvalue weighted by Crippen LogP contribution is 2.19. The van der Waals surface area contributed by atoms with E-state index in [9.17, 15) is 14.7 Å². The molecule has 0 amide bonds. The second-order valence-electron chi connectivity index (χ2n) is 3.22. The average Bonchev–Trinajstić information content (AvgIpc) is 2.10. The quantitative estimate of drug-likeness (QED) is 0.579. The standard InChI is InChI=1S/C11H12O3/c1-8-2-3-9(11(14)6-8)7-10(13)4-5-12/h2-3,5-6,14H,4,7H2,1H3. The van der Waals surface area contributed by atoms with Gasteiger partial charge in [-0.25, -0.2) is 0 Å². The van der Waals surface area contributed by atoms with Crippen molar-refractivity contribution in [2.45, 2.75) is 19.8 Å². The molecule has 0 heterocycles. The molecule has 1 aromatic rings. The number of hydrogen-bond donors (Lipinski definition) is 1. The summed E-state index contributed by atoms with van der Waals surface area (Å²) in [7, 11) is 0. The summed E-state index contributed by atoms with van der Waals surface area (Å²) < 4.78 is 0. The molecular weight excluding hydrogens is 180 g/mol. The summed E-state index contributed by atoms with van der Waals surface area (Å²) >= 11 is 0. The zero-order chi connectivity index (χ0) is 10.6. The Kier molecular flexibility index (Phi) is 3.40. The highest BCUT2D eigenvalue weighted by atomic mass is 16.3. The van der Waals surface area contributed by atoms with Gasteiger partial charge in [-0.05, 0) is 18.6 Å². The molecule has 3 nitrogen and oxygen atoms in total. The van der Waals surface area contributed by atoms with Gasteiger partial charge < -0.3 is 9.90 Å². The van der Waals surface area contributed by atoms with Crippen molar-refractivity contribution in [3.63, 3.8) is 0 Å². The van der Waals surface area contributed by atoms with E-state index in [-0.39, 0.29) is 24.4 Å². The molecule has 0 aliphatic rings. The summed E-state index contributed by atoms with van der Waals surface area (Å²) in [4.78, 5) is 21.2. The molecule has 0 aromatic heterocycles. The minimum absolute atomic E-state index is 0.0900. The summed E-state index contributed by atoms with van der Waals surface area (Å²) in [6, 6.07) is 5.13. The number of aryl methyl sites for hydroxylation is 1. The summed E-state index contributed by atoms with van der Waals surface area (Å²) in [5, 5.41) is 9.47. The van der Waals surface area contributed by atoms with E-state index in [1.165, 1.54) is 0 Å². The van der Waals surface area contributed by atoms with Crippen molar-refractivity contribution in [1.82, 2.24) is 0 Å². The van der Waals surface area contributed by atoms with Gasteiger partial charge in [-0.3, -0.25) is 4.79 Å². The van der Waals surface area contributed by atoms with E-state index in [0.29, 0.717) is 11.8 Å². The van der Waals surface area contributed by atoms with Crippen molar-refractivity contribution in [1.29, 1.82) is 0 Å². The van der Waals surface area contributed by atoms with Crippen LogP contribution in [0.4, 0.5) is 0 Å². The van der Waals surface area contributed by atoms with Gasteiger partial charge in [0.05, 0.1) is 6.42 Å². The molecule has 0 saturated carbocycles. The lowest BCUT2D eigenvalue weighted by Gasteiger charge is -2.03. The summed E-state index contributed by atoms with van der Waals surface area (Å²) in [6.07, 6.45) is 0.603. The number of phenolic OH excluding ortho intramolecular Hbond substituents is 1. The fourth-order valence-corrected chi connectivity index (χ4v) is 1.20. The molecule has 0 radical (unpaired) electrons. The Balaban J connectivity index is 2.76. The third-order valence-corrected chi connectivity index (χ3v) is 1.94. The van der Waals surface area contributed by atoms with Crippen LogP contribution in [0.25, 0.3) is 0 Å². The largest absolute Gasteiger partial charge is 0.508 e. The number of carbonyl (C=O) groups excluding carboxylic acids is 2. The molecule has 1 aromatic carbocycles. The van der Waals surface area contributed by atoms with Crippen molar-refractivity contribution in [2.24, 2.45) is 0 Å².